The van der Waals surface area contributed by atoms with Crippen molar-refractivity contribution in [3.05, 3.63) is 95.6 Å². The number of carbonyl (C=O) groups is 1. The molecule has 0 radical (unpaired) electrons. The number of nitrogens with zero attached hydrogens (tertiary/aromatic N) is 1. The Morgan fingerprint density at radius 2 is 1.60 bits per heavy atom. The van der Waals surface area contributed by atoms with Crippen molar-refractivity contribution >= 4 is 11.6 Å². The van der Waals surface area contributed by atoms with Gasteiger partial charge in [0, 0.05) is 12.2 Å². The van der Waals surface area contributed by atoms with Crippen molar-refractivity contribution in [2.24, 2.45) is 0 Å². The van der Waals surface area contributed by atoms with Gasteiger partial charge < -0.3 is 15.0 Å². The van der Waals surface area contributed by atoms with E-state index in [0.29, 0.717) is 13.2 Å². The van der Waals surface area contributed by atoms with E-state index in [1.165, 1.54) is 0 Å². The van der Waals surface area contributed by atoms with Crippen LogP contribution in [0.2, 0.25) is 0 Å². The van der Waals surface area contributed by atoms with Gasteiger partial charge in [-0.15, -0.1) is 0 Å². The Morgan fingerprint density at radius 3 is 2.30 bits per heavy atom. The Bertz CT molecular complexity index is 1000. The van der Waals surface area contributed by atoms with Crippen LogP contribution in [0.1, 0.15) is 48.2 Å². The maximum atomic E-state index is 13.3. The number of para-hydroxylation sites is 1. The lowest BCUT2D eigenvalue weighted by atomic mass is 9.89. The minimum atomic E-state index is -0.570. The molecule has 30 heavy (non-hydrogen) atoms. The van der Waals surface area contributed by atoms with Crippen molar-refractivity contribution in [2.75, 3.05) is 11.9 Å². The zero-order chi connectivity index (χ0) is 21.0. The summed E-state index contributed by atoms with van der Waals surface area (Å²) in [6.45, 7) is 5.46. The molecule has 1 amide bonds. The average Bonchev–Trinajstić information content (AvgIpc) is 2.80. The topological polar surface area (TPSA) is 41.6 Å². The predicted molar refractivity (Wildman–Crippen MR) is 121 cm³/mol. The summed E-state index contributed by atoms with van der Waals surface area (Å²) in [4.78, 5) is 15.3. The molecule has 0 saturated carbocycles. The number of fused-ring (bicyclic) bond motifs is 1. The van der Waals surface area contributed by atoms with Gasteiger partial charge >= 0.3 is 0 Å². The van der Waals surface area contributed by atoms with E-state index in [1.807, 2.05) is 59.5 Å². The number of ether oxygens (including phenoxy) is 1. The second-order valence-corrected chi connectivity index (χ2v) is 7.64. The van der Waals surface area contributed by atoms with Gasteiger partial charge in [0.25, 0.3) is 5.91 Å². The third-order valence-electron chi connectivity index (χ3n) is 5.74. The van der Waals surface area contributed by atoms with Crippen LogP contribution < -0.4 is 10.1 Å². The molecule has 1 atom stereocenters. The Kier molecular flexibility index (Phi) is 5.75. The third kappa shape index (κ3) is 3.65. The molecule has 4 heteroatoms. The summed E-state index contributed by atoms with van der Waals surface area (Å²) in [5.41, 5.74) is 3.25. The first kappa shape index (κ1) is 20.0. The van der Waals surface area contributed by atoms with Crippen molar-refractivity contribution in [1.82, 2.24) is 4.90 Å². The minimum absolute atomic E-state index is 0.0810. The minimum Gasteiger partial charge on any atom is -0.489 e. The van der Waals surface area contributed by atoms with E-state index in [9.17, 15) is 4.79 Å². The van der Waals surface area contributed by atoms with Crippen LogP contribution in [-0.4, -0.2) is 17.4 Å². The first-order chi connectivity index (χ1) is 14.7. The molecule has 3 aromatic carbocycles. The molecule has 0 bridgehead atoms. The molecule has 1 N–H and O–H groups in total. The first-order valence-electron chi connectivity index (χ1n) is 10.6. The van der Waals surface area contributed by atoms with E-state index < -0.39 is 5.66 Å². The van der Waals surface area contributed by atoms with Crippen LogP contribution in [0.4, 0.5) is 5.69 Å². The van der Waals surface area contributed by atoms with Gasteiger partial charge in [-0.3, -0.25) is 4.79 Å². The van der Waals surface area contributed by atoms with E-state index >= 15 is 0 Å². The van der Waals surface area contributed by atoms with E-state index in [0.717, 1.165) is 41.0 Å². The number of anilines is 1. The Labute approximate surface area is 178 Å². The predicted octanol–water partition coefficient (Wildman–Crippen LogP) is 5.81. The summed E-state index contributed by atoms with van der Waals surface area (Å²) in [7, 11) is 0. The van der Waals surface area contributed by atoms with Gasteiger partial charge in [0.2, 0.25) is 0 Å². The Balaban J connectivity index is 1.63. The summed E-state index contributed by atoms with van der Waals surface area (Å²) in [5.74, 6) is 0.899. The molecular weight excluding hydrogens is 372 g/mol. The monoisotopic (exact) mass is 400 g/mol. The molecule has 1 aliphatic rings. The number of amides is 1. The van der Waals surface area contributed by atoms with Crippen molar-refractivity contribution in [3.63, 3.8) is 0 Å². The summed E-state index contributed by atoms with van der Waals surface area (Å²) in [6, 6.07) is 26.0. The van der Waals surface area contributed by atoms with Gasteiger partial charge in [0.05, 0.1) is 5.56 Å². The molecule has 1 unspecified atom stereocenters. The number of hydrogen-bond acceptors (Lipinski definition) is 3. The standard InChI is InChI=1S/C26H28N2O2/c1-3-18-28-25(29)23-12-8-9-13-24(23)27-26(28,4-2)21-14-16-22(17-15-21)30-19-20-10-6-5-7-11-20/h5-17,27H,3-4,18-19H2,1-2H3. The van der Waals surface area contributed by atoms with Gasteiger partial charge in [-0.05, 0) is 48.2 Å². The van der Waals surface area contributed by atoms with Gasteiger partial charge in [-0.1, -0.05) is 68.4 Å². The van der Waals surface area contributed by atoms with Gasteiger partial charge in [-0.25, -0.2) is 0 Å². The lowest BCUT2D eigenvalue weighted by molar-refractivity contribution is 0.0483. The smallest absolute Gasteiger partial charge is 0.258 e. The molecule has 4 rings (SSSR count). The number of benzene rings is 3. The van der Waals surface area contributed by atoms with E-state index in [1.54, 1.807) is 0 Å². The first-order valence-corrected chi connectivity index (χ1v) is 10.6. The van der Waals surface area contributed by atoms with Crippen LogP contribution in [0.25, 0.3) is 0 Å². The van der Waals surface area contributed by atoms with Gasteiger partial charge in [0.15, 0.2) is 0 Å². The molecule has 3 aromatic rings. The van der Waals surface area contributed by atoms with Crippen LogP contribution in [0.15, 0.2) is 78.9 Å². The molecule has 4 nitrogen and oxygen atoms in total. The van der Waals surface area contributed by atoms with E-state index in [-0.39, 0.29) is 5.91 Å². The third-order valence-corrected chi connectivity index (χ3v) is 5.74. The van der Waals surface area contributed by atoms with E-state index in [2.05, 4.69) is 43.4 Å². The molecule has 0 saturated heterocycles. The van der Waals surface area contributed by atoms with E-state index in [4.69, 9.17) is 4.74 Å². The molecule has 1 aliphatic heterocycles. The fourth-order valence-electron chi connectivity index (χ4n) is 4.18. The zero-order valence-electron chi connectivity index (χ0n) is 17.6. The van der Waals surface area contributed by atoms with Gasteiger partial charge in [-0.2, -0.15) is 0 Å². The summed E-state index contributed by atoms with van der Waals surface area (Å²) in [6.07, 6.45) is 1.66. The highest BCUT2D eigenvalue weighted by Gasteiger charge is 2.44. The largest absolute Gasteiger partial charge is 0.489 e. The van der Waals surface area contributed by atoms with Gasteiger partial charge in [0.1, 0.15) is 18.0 Å². The van der Waals surface area contributed by atoms with Crippen molar-refractivity contribution < 1.29 is 9.53 Å². The number of nitrogens with one attached hydrogen (secondary N) is 1. The normalized spacial score (nSPS) is 17.9. The Morgan fingerprint density at radius 1 is 0.900 bits per heavy atom. The summed E-state index contributed by atoms with van der Waals surface area (Å²) in [5, 5.41) is 3.68. The fraction of sp³-hybridized carbons (Fsp3) is 0.269. The number of carbonyl (C=O) groups excluding carboxylic acids is 1. The molecule has 0 aliphatic carbocycles. The number of rotatable bonds is 7. The second kappa shape index (κ2) is 8.62. The molecule has 1 heterocycles. The molecular formula is C26H28N2O2. The summed E-state index contributed by atoms with van der Waals surface area (Å²) >= 11 is 0. The SMILES string of the molecule is CCCN1C(=O)c2ccccc2NC1(CC)c1ccc(OCc2ccccc2)cc1. The van der Waals surface area contributed by atoms with Crippen LogP contribution in [0.3, 0.4) is 0 Å². The Hall–Kier alpha value is -3.27. The molecule has 0 spiro atoms. The summed E-state index contributed by atoms with van der Waals surface area (Å²) < 4.78 is 5.95. The maximum absolute atomic E-state index is 13.3. The van der Waals surface area contributed by atoms with Crippen molar-refractivity contribution in [3.8, 4) is 5.75 Å². The molecule has 0 aromatic heterocycles. The maximum Gasteiger partial charge on any atom is 0.258 e. The quantitative estimate of drug-likeness (QED) is 0.544. The van der Waals surface area contributed by atoms with Crippen molar-refractivity contribution in [2.45, 2.75) is 39.0 Å². The molecule has 0 fully saturated rings. The highest BCUT2D eigenvalue weighted by atomic mass is 16.5. The zero-order valence-corrected chi connectivity index (χ0v) is 17.6. The lowest BCUT2D eigenvalue weighted by Crippen LogP contribution is -2.57. The number of hydrogen-bond donors (Lipinski definition) is 1. The highest BCUT2D eigenvalue weighted by molar-refractivity contribution is 6.02. The van der Waals surface area contributed by atoms with Crippen LogP contribution in [0.5, 0.6) is 5.75 Å². The van der Waals surface area contributed by atoms with Crippen LogP contribution >= 0.6 is 0 Å². The lowest BCUT2D eigenvalue weighted by Gasteiger charge is -2.48. The molecule has 154 valence electrons. The average molecular weight is 401 g/mol. The van der Waals surface area contributed by atoms with Crippen LogP contribution in [-0.2, 0) is 12.3 Å². The highest BCUT2D eigenvalue weighted by Crippen LogP contribution is 2.40. The fourth-order valence-corrected chi connectivity index (χ4v) is 4.18. The van der Waals surface area contributed by atoms with Crippen LogP contribution in [0, 0.1) is 0 Å². The van der Waals surface area contributed by atoms with Crippen molar-refractivity contribution in [1.29, 1.82) is 0 Å². The second-order valence-electron chi connectivity index (χ2n) is 7.64.